The SMILES string of the molecule is C[C@H]1CCC[C@]2(C)[C@H](C[C@@H](C(C)(C)Cc3csc(N)n3)OC(=O)C[C@H](O)C(C)(C)C(=O)[C@H](C)[C@H]1O)N2CCO. The molecule has 0 spiro atoms. The Morgan fingerprint density at radius 1 is 1.23 bits per heavy atom. The lowest BCUT2D eigenvalue weighted by Crippen LogP contribution is -2.46. The molecule has 0 radical (unpaired) electrons. The van der Waals surface area contributed by atoms with Gasteiger partial charge in [0.05, 0.1) is 36.3 Å². The van der Waals surface area contributed by atoms with Gasteiger partial charge in [0.2, 0.25) is 0 Å². The van der Waals surface area contributed by atoms with Gasteiger partial charge in [0.1, 0.15) is 11.9 Å². The van der Waals surface area contributed by atoms with Crippen molar-refractivity contribution in [2.75, 3.05) is 18.9 Å². The zero-order chi connectivity index (χ0) is 29.3. The molecule has 0 amide bonds. The van der Waals surface area contributed by atoms with Gasteiger partial charge in [-0.15, -0.1) is 11.3 Å². The molecule has 5 N–H and O–H groups in total. The molecule has 2 saturated heterocycles. The van der Waals surface area contributed by atoms with Gasteiger partial charge in [-0.3, -0.25) is 14.5 Å². The minimum atomic E-state index is -1.26. The molecule has 3 heterocycles. The Kier molecular flexibility index (Phi) is 9.91. The number of aliphatic hydroxyl groups is 3. The lowest BCUT2D eigenvalue weighted by Gasteiger charge is -2.36. The lowest BCUT2D eigenvalue weighted by molar-refractivity contribution is -0.161. The second-order valence-electron chi connectivity index (χ2n) is 13.3. The van der Waals surface area contributed by atoms with Crippen molar-refractivity contribution < 1.29 is 29.6 Å². The number of rotatable bonds is 5. The van der Waals surface area contributed by atoms with Gasteiger partial charge in [0.15, 0.2) is 5.13 Å². The largest absolute Gasteiger partial charge is 0.462 e. The smallest absolute Gasteiger partial charge is 0.308 e. The number of hydrogen-bond acceptors (Lipinski definition) is 10. The van der Waals surface area contributed by atoms with Gasteiger partial charge in [0, 0.05) is 41.3 Å². The van der Waals surface area contributed by atoms with Crippen LogP contribution in [-0.4, -0.2) is 80.0 Å². The van der Waals surface area contributed by atoms with Crippen LogP contribution in [0, 0.1) is 22.7 Å². The summed E-state index contributed by atoms with van der Waals surface area (Å²) in [6, 6.07) is 0.109. The monoisotopic (exact) mass is 567 g/mol. The van der Waals surface area contributed by atoms with Gasteiger partial charge in [-0.1, -0.05) is 48.0 Å². The molecule has 0 bridgehead atoms. The van der Waals surface area contributed by atoms with E-state index in [0.29, 0.717) is 24.5 Å². The number of carbonyl (C=O) groups is 2. The molecular weight excluding hydrogens is 518 g/mol. The summed E-state index contributed by atoms with van der Waals surface area (Å²) in [4.78, 5) is 33.3. The molecule has 0 aliphatic carbocycles. The molecule has 0 saturated carbocycles. The Morgan fingerprint density at radius 2 is 1.90 bits per heavy atom. The first-order valence-electron chi connectivity index (χ1n) is 14.2. The molecule has 2 aliphatic heterocycles. The normalized spacial score (nSPS) is 36.7. The number of cyclic esters (lactones) is 1. The number of β-amino-alcohol motifs (C(OH)–C–C–N with tert-alkyl or cyclic N) is 1. The molecule has 8 atom stereocenters. The Labute approximate surface area is 237 Å². The standard InChI is InChI=1S/C29H49N3O6S/c1-17-9-8-10-29(7)20(32(29)11-12-33)13-22(27(3,4)15-19-16-39-26(30)31-19)38-23(35)14-21(34)28(5,6)25(37)18(2)24(17)36/h16-18,20-22,24,33-34,36H,8-15H2,1-7H3,(H2,30,31)/t17-,18+,20-,21-,22-,24-,29+,32?/m0/s1. The molecule has 222 valence electrons. The fraction of sp³-hybridized carbons (Fsp3) is 0.828. The number of carbonyl (C=O) groups excluding carboxylic acids is 2. The number of fused-ring (bicyclic) bond motifs is 1. The third kappa shape index (κ3) is 7.01. The maximum atomic E-state index is 13.4. The van der Waals surface area contributed by atoms with E-state index in [-0.39, 0.29) is 36.3 Å². The highest BCUT2D eigenvalue weighted by Gasteiger charge is 2.59. The number of esters is 1. The average Bonchev–Trinajstić information content (AvgIpc) is 3.15. The number of nitrogens with zero attached hydrogens (tertiary/aromatic N) is 2. The first-order valence-corrected chi connectivity index (χ1v) is 15.1. The first-order chi connectivity index (χ1) is 18.0. The molecule has 39 heavy (non-hydrogen) atoms. The highest BCUT2D eigenvalue weighted by Crippen LogP contribution is 2.49. The summed E-state index contributed by atoms with van der Waals surface area (Å²) in [6.07, 6.45) is 0.697. The van der Waals surface area contributed by atoms with Crippen LogP contribution in [0.3, 0.4) is 0 Å². The Balaban J connectivity index is 1.93. The van der Waals surface area contributed by atoms with Crippen LogP contribution in [0.2, 0.25) is 0 Å². The van der Waals surface area contributed by atoms with Crippen LogP contribution in [-0.2, 0) is 20.7 Å². The van der Waals surface area contributed by atoms with E-state index in [9.17, 15) is 24.9 Å². The van der Waals surface area contributed by atoms with Crippen LogP contribution in [0.15, 0.2) is 5.38 Å². The van der Waals surface area contributed by atoms with Crippen molar-refractivity contribution in [3.05, 3.63) is 11.1 Å². The number of aliphatic hydroxyl groups excluding tert-OH is 3. The highest BCUT2D eigenvalue weighted by atomic mass is 32.1. The maximum absolute atomic E-state index is 13.4. The number of ketones is 1. The fourth-order valence-corrected chi connectivity index (χ4v) is 7.04. The van der Waals surface area contributed by atoms with Crippen LogP contribution in [0.1, 0.15) is 86.3 Å². The zero-order valence-electron chi connectivity index (χ0n) is 24.6. The molecule has 9 nitrogen and oxygen atoms in total. The predicted octanol–water partition coefficient (Wildman–Crippen LogP) is 3.19. The zero-order valence-corrected chi connectivity index (χ0v) is 25.5. The van der Waals surface area contributed by atoms with E-state index in [0.717, 1.165) is 25.0 Å². The van der Waals surface area contributed by atoms with Crippen molar-refractivity contribution in [1.82, 2.24) is 9.88 Å². The Bertz CT molecular complexity index is 1010. The van der Waals surface area contributed by atoms with Crippen molar-refractivity contribution >= 4 is 28.2 Å². The van der Waals surface area contributed by atoms with Gasteiger partial charge in [-0.2, -0.15) is 0 Å². The van der Waals surface area contributed by atoms with E-state index in [2.05, 4.69) is 16.8 Å². The van der Waals surface area contributed by atoms with Gasteiger partial charge in [-0.05, 0) is 32.1 Å². The van der Waals surface area contributed by atoms with E-state index < -0.39 is 41.0 Å². The topological polar surface area (TPSA) is 146 Å². The summed E-state index contributed by atoms with van der Waals surface area (Å²) >= 11 is 1.37. The molecule has 1 aromatic rings. The summed E-state index contributed by atoms with van der Waals surface area (Å²) in [5.74, 6) is -1.61. The van der Waals surface area contributed by atoms with Gasteiger partial charge in [-0.25, -0.2) is 4.98 Å². The fourth-order valence-electron chi connectivity index (χ4n) is 6.48. The number of ether oxygens (including phenoxy) is 1. The summed E-state index contributed by atoms with van der Waals surface area (Å²) in [5.41, 5.74) is 4.82. The van der Waals surface area contributed by atoms with E-state index >= 15 is 0 Å². The Hall–Kier alpha value is -1.59. The van der Waals surface area contributed by atoms with Crippen LogP contribution >= 0.6 is 11.3 Å². The van der Waals surface area contributed by atoms with E-state index in [1.54, 1.807) is 20.8 Å². The number of aromatic nitrogens is 1. The third-order valence-electron chi connectivity index (χ3n) is 9.49. The van der Waals surface area contributed by atoms with E-state index in [1.807, 2.05) is 26.2 Å². The number of Topliss-reactive ketones (excluding diaryl/α,β-unsaturated/α-hetero) is 1. The molecule has 1 unspecified atom stereocenters. The predicted molar refractivity (Wildman–Crippen MR) is 152 cm³/mol. The molecule has 3 rings (SSSR count). The van der Waals surface area contributed by atoms with Crippen molar-refractivity contribution in [2.24, 2.45) is 22.7 Å². The lowest BCUT2D eigenvalue weighted by atomic mass is 9.72. The molecule has 1 aromatic heterocycles. The van der Waals surface area contributed by atoms with Crippen LogP contribution < -0.4 is 5.73 Å². The van der Waals surface area contributed by atoms with Crippen molar-refractivity contribution in [3.8, 4) is 0 Å². The van der Waals surface area contributed by atoms with Crippen LogP contribution in [0.5, 0.6) is 0 Å². The van der Waals surface area contributed by atoms with E-state index in [1.165, 1.54) is 11.3 Å². The number of thiazole rings is 1. The van der Waals surface area contributed by atoms with Gasteiger partial charge >= 0.3 is 5.97 Å². The number of nitrogens with two attached hydrogens (primary N) is 1. The van der Waals surface area contributed by atoms with E-state index in [4.69, 9.17) is 10.5 Å². The third-order valence-corrected chi connectivity index (χ3v) is 10.2. The van der Waals surface area contributed by atoms with Crippen molar-refractivity contribution in [3.63, 3.8) is 0 Å². The van der Waals surface area contributed by atoms with Crippen molar-refractivity contribution in [1.29, 1.82) is 0 Å². The number of hydrogen-bond donors (Lipinski definition) is 4. The van der Waals surface area contributed by atoms with Crippen LogP contribution in [0.4, 0.5) is 5.13 Å². The highest BCUT2D eigenvalue weighted by molar-refractivity contribution is 7.13. The minimum Gasteiger partial charge on any atom is -0.462 e. The molecule has 10 heteroatoms. The second kappa shape index (κ2) is 12.1. The second-order valence-corrected chi connectivity index (χ2v) is 14.2. The molecule has 2 fully saturated rings. The Morgan fingerprint density at radius 3 is 2.49 bits per heavy atom. The molecule has 2 aliphatic rings. The van der Waals surface area contributed by atoms with Gasteiger partial charge < -0.3 is 25.8 Å². The average molecular weight is 568 g/mol. The number of nitrogen functional groups attached to an aromatic ring is 1. The molecule has 0 aromatic carbocycles. The summed E-state index contributed by atoms with van der Waals surface area (Å²) in [5, 5.41) is 34.2. The van der Waals surface area contributed by atoms with Crippen LogP contribution in [0.25, 0.3) is 0 Å². The molecular formula is C29H49N3O6S. The van der Waals surface area contributed by atoms with Crippen molar-refractivity contribution in [2.45, 2.75) is 117 Å². The summed E-state index contributed by atoms with van der Waals surface area (Å²) in [7, 11) is 0. The minimum absolute atomic E-state index is 0.0358. The summed E-state index contributed by atoms with van der Waals surface area (Å²) < 4.78 is 6.12. The van der Waals surface area contributed by atoms with Gasteiger partial charge in [0.25, 0.3) is 0 Å². The first kappa shape index (κ1) is 31.9. The maximum Gasteiger partial charge on any atom is 0.308 e. The summed E-state index contributed by atoms with van der Waals surface area (Å²) in [6.45, 7) is 13.7. The number of anilines is 1. The quantitative estimate of drug-likeness (QED) is 0.311.